The SMILES string of the molecule is Cc1ccccc1-c1ccccc1C(C)c1ccc(C2=Nc3c(sc4ccc(-c5nc(-c6ccccc6)nc(-c6ccccc6)n5)cc34)C(c3ccccc3)C2C)cc1. The van der Waals surface area contributed by atoms with E-state index in [9.17, 15) is 0 Å². The van der Waals surface area contributed by atoms with E-state index in [0.717, 1.165) is 39.0 Å². The number of aromatic nitrogens is 3. The van der Waals surface area contributed by atoms with Crippen molar-refractivity contribution in [2.24, 2.45) is 10.9 Å². The Bertz CT molecular complexity index is 2910. The number of hydrogen-bond donors (Lipinski definition) is 0. The molecule has 0 N–H and O–H groups in total. The van der Waals surface area contributed by atoms with Gasteiger partial charge in [-0.15, -0.1) is 11.3 Å². The summed E-state index contributed by atoms with van der Waals surface area (Å²) in [5.74, 6) is 2.47. The average Bonchev–Trinajstić information content (AvgIpc) is 3.66. The monoisotopic (exact) mass is 778 g/mol. The van der Waals surface area contributed by atoms with Crippen LogP contribution in [0, 0.1) is 12.8 Å². The summed E-state index contributed by atoms with van der Waals surface area (Å²) in [4.78, 5) is 21.9. The number of hydrogen-bond acceptors (Lipinski definition) is 5. The summed E-state index contributed by atoms with van der Waals surface area (Å²) in [7, 11) is 0. The van der Waals surface area contributed by atoms with Gasteiger partial charge in [-0.2, -0.15) is 0 Å². The van der Waals surface area contributed by atoms with Crippen molar-refractivity contribution in [3.63, 3.8) is 0 Å². The lowest BCUT2D eigenvalue weighted by molar-refractivity contribution is 0.661. The summed E-state index contributed by atoms with van der Waals surface area (Å²) in [6.07, 6.45) is 0. The highest BCUT2D eigenvalue weighted by atomic mass is 32.1. The summed E-state index contributed by atoms with van der Waals surface area (Å²) in [5, 5.41) is 1.12. The smallest absolute Gasteiger partial charge is 0.164 e. The third-order valence-corrected chi connectivity index (χ3v) is 13.1. The molecule has 1 aliphatic heterocycles. The number of aryl methyl sites for hydroxylation is 1. The molecular formula is C54H42N4S. The van der Waals surface area contributed by atoms with Gasteiger partial charge in [0.2, 0.25) is 0 Å². The molecule has 9 aromatic rings. The van der Waals surface area contributed by atoms with E-state index in [2.05, 4.69) is 142 Å². The molecule has 0 saturated heterocycles. The Morgan fingerprint density at radius 3 is 1.71 bits per heavy atom. The van der Waals surface area contributed by atoms with Crippen LogP contribution >= 0.6 is 11.3 Å². The second-order valence-electron chi connectivity index (χ2n) is 15.5. The number of thiophene rings is 1. The predicted molar refractivity (Wildman–Crippen MR) is 246 cm³/mol. The molecule has 0 bridgehead atoms. The van der Waals surface area contributed by atoms with Crippen molar-refractivity contribution in [1.29, 1.82) is 0 Å². The van der Waals surface area contributed by atoms with Gasteiger partial charge in [0, 0.05) is 49.4 Å². The number of fused-ring (bicyclic) bond motifs is 3. The fourth-order valence-electron chi connectivity index (χ4n) is 8.66. The van der Waals surface area contributed by atoms with E-state index in [1.54, 1.807) is 0 Å². The topological polar surface area (TPSA) is 51.0 Å². The van der Waals surface area contributed by atoms with Crippen LogP contribution in [-0.2, 0) is 0 Å². The fourth-order valence-corrected chi connectivity index (χ4v) is 10.0. The highest BCUT2D eigenvalue weighted by molar-refractivity contribution is 7.20. The fraction of sp³-hybridized carbons (Fsp3) is 0.111. The molecule has 4 nitrogen and oxygen atoms in total. The van der Waals surface area contributed by atoms with Crippen LogP contribution < -0.4 is 0 Å². The summed E-state index contributed by atoms with van der Waals surface area (Å²) in [6, 6.07) is 64.5. The second kappa shape index (κ2) is 15.5. The van der Waals surface area contributed by atoms with Crippen molar-refractivity contribution in [3.05, 3.63) is 215 Å². The number of rotatable bonds is 8. The van der Waals surface area contributed by atoms with Crippen LogP contribution in [0.1, 0.15) is 58.4 Å². The quantitative estimate of drug-likeness (QED) is 0.154. The first-order valence-corrected chi connectivity index (χ1v) is 21.1. The maximum absolute atomic E-state index is 5.60. The molecular weight excluding hydrogens is 737 g/mol. The molecule has 284 valence electrons. The number of nitrogens with zero attached hydrogens (tertiary/aromatic N) is 4. The van der Waals surface area contributed by atoms with Gasteiger partial charge in [-0.1, -0.05) is 178 Å². The third-order valence-electron chi connectivity index (χ3n) is 11.8. The van der Waals surface area contributed by atoms with Crippen LogP contribution in [-0.4, -0.2) is 20.7 Å². The van der Waals surface area contributed by atoms with Gasteiger partial charge in [0.1, 0.15) is 0 Å². The van der Waals surface area contributed by atoms with Gasteiger partial charge in [-0.05, 0) is 64.1 Å². The van der Waals surface area contributed by atoms with Crippen LogP contribution in [0.25, 0.3) is 55.4 Å². The van der Waals surface area contributed by atoms with Gasteiger partial charge in [-0.25, -0.2) is 15.0 Å². The minimum absolute atomic E-state index is 0.158. The Labute approximate surface area is 349 Å². The summed E-state index contributed by atoms with van der Waals surface area (Å²) < 4.78 is 1.20. The lowest BCUT2D eigenvalue weighted by Gasteiger charge is -2.30. The molecule has 0 amide bonds. The van der Waals surface area contributed by atoms with Crippen molar-refractivity contribution in [3.8, 4) is 45.3 Å². The zero-order valence-corrected chi connectivity index (χ0v) is 34.1. The lowest BCUT2D eigenvalue weighted by atomic mass is 9.78. The molecule has 2 aromatic heterocycles. The first-order chi connectivity index (χ1) is 29.0. The highest BCUT2D eigenvalue weighted by Gasteiger charge is 2.35. The maximum Gasteiger partial charge on any atom is 0.164 e. The van der Waals surface area contributed by atoms with E-state index in [1.807, 2.05) is 72.0 Å². The number of benzene rings is 7. The lowest BCUT2D eigenvalue weighted by Crippen LogP contribution is -2.24. The zero-order valence-electron chi connectivity index (χ0n) is 33.2. The van der Waals surface area contributed by atoms with Crippen molar-refractivity contribution in [1.82, 2.24) is 15.0 Å². The number of aliphatic imine (C=N–C) groups is 1. The summed E-state index contributed by atoms with van der Waals surface area (Å²) in [5.41, 5.74) is 13.9. The zero-order chi connectivity index (χ0) is 39.9. The Hall–Kier alpha value is -6.82. The molecule has 0 radical (unpaired) electrons. The Morgan fingerprint density at radius 1 is 0.525 bits per heavy atom. The minimum atomic E-state index is 0.158. The second-order valence-corrected chi connectivity index (χ2v) is 16.6. The Kier molecular flexibility index (Phi) is 9.59. The molecule has 0 saturated carbocycles. The maximum atomic E-state index is 5.60. The van der Waals surface area contributed by atoms with Crippen LogP contribution in [0.15, 0.2) is 187 Å². The van der Waals surface area contributed by atoms with E-state index >= 15 is 0 Å². The highest BCUT2D eigenvalue weighted by Crippen LogP contribution is 2.51. The largest absolute Gasteiger partial charge is 0.251 e. The van der Waals surface area contributed by atoms with Crippen LogP contribution in [0.3, 0.4) is 0 Å². The van der Waals surface area contributed by atoms with Gasteiger partial charge < -0.3 is 0 Å². The van der Waals surface area contributed by atoms with E-state index in [4.69, 9.17) is 19.9 Å². The van der Waals surface area contributed by atoms with Gasteiger partial charge in [0.15, 0.2) is 17.5 Å². The predicted octanol–water partition coefficient (Wildman–Crippen LogP) is 14.1. The molecule has 10 rings (SSSR count). The van der Waals surface area contributed by atoms with Gasteiger partial charge >= 0.3 is 0 Å². The standard InChI is InChI=1S/C54H42N4S/c1-34-17-13-14-24-43(34)45-26-16-15-25-44(45)35(2)37-27-29-39(30-28-37)49-36(3)48(38-18-7-4-8-19-38)51-50(55-49)46-33-42(31-32-47(46)59-51)54-57-52(40-20-9-5-10-21-40)56-53(58-54)41-22-11-6-12-23-41/h4-33,35-36,48H,1-3H3. The Balaban J connectivity index is 1.07. The van der Waals surface area contributed by atoms with Crippen LogP contribution in [0.5, 0.6) is 0 Å². The minimum Gasteiger partial charge on any atom is -0.251 e. The molecule has 59 heavy (non-hydrogen) atoms. The van der Waals surface area contributed by atoms with Crippen molar-refractivity contribution >= 4 is 32.8 Å². The average molecular weight is 779 g/mol. The molecule has 0 spiro atoms. The van der Waals surface area contributed by atoms with E-state index in [0.29, 0.717) is 17.5 Å². The Morgan fingerprint density at radius 2 is 1.07 bits per heavy atom. The van der Waals surface area contributed by atoms with Crippen LogP contribution in [0.4, 0.5) is 5.69 Å². The van der Waals surface area contributed by atoms with Gasteiger partial charge in [0.25, 0.3) is 0 Å². The van der Waals surface area contributed by atoms with E-state index in [1.165, 1.54) is 43.0 Å². The van der Waals surface area contributed by atoms with Crippen LogP contribution in [0.2, 0.25) is 0 Å². The van der Waals surface area contributed by atoms with Gasteiger partial charge in [-0.3, -0.25) is 4.99 Å². The molecule has 7 aromatic carbocycles. The first kappa shape index (κ1) is 36.5. The van der Waals surface area contributed by atoms with Crippen molar-refractivity contribution < 1.29 is 0 Å². The van der Waals surface area contributed by atoms with Gasteiger partial charge in [0.05, 0.1) is 11.4 Å². The molecule has 3 atom stereocenters. The molecule has 1 aliphatic rings. The molecule has 3 heterocycles. The molecule has 0 fully saturated rings. The van der Waals surface area contributed by atoms with E-state index < -0.39 is 0 Å². The van der Waals surface area contributed by atoms with Crippen molar-refractivity contribution in [2.75, 3.05) is 0 Å². The van der Waals surface area contributed by atoms with Crippen molar-refractivity contribution in [2.45, 2.75) is 32.6 Å². The first-order valence-electron chi connectivity index (χ1n) is 20.3. The summed E-state index contributed by atoms with van der Waals surface area (Å²) in [6.45, 7) is 6.85. The normalized spacial score (nSPS) is 15.4. The molecule has 5 heteroatoms. The van der Waals surface area contributed by atoms with E-state index in [-0.39, 0.29) is 17.8 Å². The molecule has 0 aliphatic carbocycles. The third kappa shape index (κ3) is 6.88. The molecule has 3 unspecified atom stereocenters. The summed E-state index contributed by atoms with van der Waals surface area (Å²) >= 11 is 1.85.